The van der Waals surface area contributed by atoms with Crippen molar-refractivity contribution in [2.75, 3.05) is 7.05 Å². The Kier molecular flexibility index (Phi) is 3.72. The molecule has 0 spiro atoms. The zero-order valence-corrected chi connectivity index (χ0v) is 9.56. The number of aliphatic carboxylic acids is 1. The Balaban J connectivity index is 2.54. The molecule has 0 heterocycles. The third-order valence-corrected chi connectivity index (χ3v) is 3.25. The number of hydrogen-bond donors (Lipinski definition) is 1. The quantitative estimate of drug-likeness (QED) is 0.770. The Bertz CT molecular complexity index is 263. The van der Waals surface area contributed by atoms with Gasteiger partial charge in [0.05, 0.1) is 5.92 Å². The Morgan fingerprint density at radius 3 is 2.20 bits per heavy atom. The van der Waals surface area contributed by atoms with E-state index in [-0.39, 0.29) is 23.8 Å². The van der Waals surface area contributed by atoms with Crippen LogP contribution < -0.4 is 0 Å². The van der Waals surface area contributed by atoms with Crippen molar-refractivity contribution < 1.29 is 14.7 Å². The molecule has 1 amide bonds. The lowest BCUT2D eigenvalue weighted by atomic mass is 10.0. The maximum atomic E-state index is 11.9. The number of carbonyl (C=O) groups is 2. The van der Waals surface area contributed by atoms with Crippen LogP contribution in [0, 0.1) is 11.8 Å². The van der Waals surface area contributed by atoms with Crippen LogP contribution in [0.5, 0.6) is 0 Å². The number of carboxylic acid groups (broad SMARTS) is 1. The summed E-state index contributed by atoms with van der Waals surface area (Å²) in [5.74, 6) is -1.08. The number of amides is 1. The van der Waals surface area contributed by atoms with Gasteiger partial charge in [-0.15, -0.1) is 0 Å². The van der Waals surface area contributed by atoms with Gasteiger partial charge in [0.25, 0.3) is 0 Å². The molecule has 0 aliphatic heterocycles. The highest BCUT2D eigenvalue weighted by Crippen LogP contribution is 2.32. The lowest BCUT2D eigenvalue weighted by Crippen LogP contribution is -2.37. The highest BCUT2D eigenvalue weighted by Gasteiger charge is 2.35. The minimum Gasteiger partial charge on any atom is -0.481 e. The molecule has 0 unspecified atom stereocenters. The summed E-state index contributed by atoms with van der Waals surface area (Å²) in [6.07, 6.45) is 1.86. The fraction of sp³-hybridized carbons (Fsp3) is 0.818. The third kappa shape index (κ3) is 2.70. The van der Waals surface area contributed by atoms with Crippen LogP contribution in [-0.2, 0) is 9.59 Å². The highest BCUT2D eigenvalue weighted by molar-refractivity contribution is 5.81. The average Bonchev–Trinajstić information content (AvgIpc) is 2.64. The monoisotopic (exact) mass is 213 g/mol. The molecular weight excluding hydrogens is 194 g/mol. The summed E-state index contributed by atoms with van der Waals surface area (Å²) in [5, 5.41) is 8.84. The van der Waals surface area contributed by atoms with E-state index in [2.05, 4.69) is 0 Å². The van der Waals surface area contributed by atoms with Crippen molar-refractivity contribution in [1.82, 2.24) is 4.90 Å². The van der Waals surface area contributed by atoms with Gasteiger partial charge < -0.3 is 10.0 Å². The van der Waals surface area contributed by atoms with E-state index in [0.29, 0.717) is 19.3 Å². The fourth-order valence-electron chi connectivity index (χ4n) is 1.97. The van der Waals surface area contributed by atoms with E-state index >= 15 is 0 Å². The van der Waals surface area contributed by atoms with Crippen molar-refractivity contribution >= 4 is 11.9 Å². The van der Waals surface area contributed by atoms with Crippen LogP contribution in [0.25, 0.3) is 0 Å². The van der Waals surface area contributed by atoms with Crippen LogP contribution >= 0.6 is 0 Å². The van der Waals surface area contributed by atoms with Crippen LogP contribution in [0.1, 0.15) is 33.1 Å². The molecule has 2 atom stereocenters. The van der Waals surface area contributed by atoms with Crippen LogP contribution in [0.2, 0.25) is 0 Å². The molecule has 0 aromatic rings. The molecule has 0 saturated heterocycles. The number of carboxylic acids is 1. The van der Waals surface area contributed by atoms with Crippen LogP contribution in [-0.4, -0.2) is 35.0 Å². The topological polar surface area (TPSA) is 57.6 Å². The van der Waals surface area contributed by atoms with Gasteiger partial charge in [-0.2, -0.15) is 0 Å². The Morgan fingerprint density at radius 2 is 1.80 bits per heavy atom. The summed E-state index contributed by atoms with van der Waals surface area (Å²) in [7, 11) is 1.78. The SMILES string of the molecule is CC(C)N(C)C(=O)[C@@H]1CC[C@H](C(=O)O)C1. The van der Waals surface area contributed by atoms with E-state index in [1.54, 1.807) is 11.9 Å². The molecule has 15 heavy (non-hydrogen) atoms. The van der Waals surface area contributed by atoms with Crippen molar-refractivity contribution in [3.63, 3.8) is 0 Å². The first-order chi connectivity index (χ1) is 6.93. The Labute approximate surface area is 90.3 Å². The van der Waals surface area contributed by atoms with Crippen molar-refractivity contribution in [2.24, 2.45) is 11.8 Å². The van der Waals surface area contributed by atoms with Crippen LogP contribution in [0.4, 0.5) is 0 Å². The number of rotatable bonds is 3. The first-order valence-electron chi connectivity index (χ1n) is 5.43. The molecule has 1 aliphatic rings. The van der Waals surface area contributed by atoms with Gasteiger partial charge in [-0.25, -0.2) is 0 Å². The van der Waals surface area contributed by atoms with E-state index in [9.17, 15) is 9.59 Å². The van der Waals surface area contributed by atoms with Crippen molar-refractivity contribution in [3.8, 4) is 0 Å². The van der Waals surface area contributed by atoms with Crippen LogP contribution in [0.3, 0.4) is 0 Å². The minimum atomic E-state index is -0.766. The standard InChI is InChI=1S/C11H19NO3/c1-7(2)12(3)10(13)8-4-5-9(6-8)11(14)15/h7-9H,4-6H2,1-3H3,(H,14,15)/t8-,9+/m1/s1. The summed E-state index contributed by atoms with van der Waals surface area (Å²) in [4.78, 5) is 24.3. The molecule has 0 bridgehead atoms. The number of nitrogens with zero attached hydrogens (tertiary/aromatic N) is 1. The molecule has 4 nitrogen and oxygen atoms in total. The molecule has 1 fully saturated rings. The van der Waals surface area contributed by atoms with Crippen LogP contribution in [0.15, 0.2) is 0 Å². The van der Waals surface area contributed by atoms with E-state index in [1.165, 1.54) is 0 Å². The average molecular weight is 213 g/mol. The largest absolute Gasteiger partial charge is 0.481 e. The zero-order valence-electron chi connectivity index (χ0n) is 9.56. The van der Waals surface area contributed by atoms with Crippen molar-refractivity contribution in [3.05, 3.63) is 0 Å². The normalized spacial score (nSPS) is 25.6. The molecule has 0 aromatic carbocycles. The second-order valence-electron chi connectivity index (χ2n) is 4.59. The molecule has 86 valence electrons. The first kappa shape index (κ1) is 12.0. The Morgan fingerprint density at radius 1 is 1.27 bits per heavy atom. The Hall–Kier alpha value is -1.06. The maximum absolute atomic E-state index is 11.9. The summed E-state index contributed by atoms with van der Waals surface area (Å²) in [6.45, 7) is 3.92. The fourth-order valence-corrected chi connectivity index (χ4v) is 1.97. The van der Waals surface area contributed by atoms with Gasteiger partial charge in [-0.05, 0) is 33.1 Å². The van der Waals surface area contributed by atoms with Crippen molar-refractivity contribution in [2.45, 2.75) is 39.2 Å². The molecule has 1 N–H and O–H groups in total. The van der Waals surface area contributed by atoms with E-state index in [4.69, 9.17) is 5.11 Å². The predicted octanol–water partition coefficient (Wildman–Crippen LogP) is 1.35. The number of carbonyl (C=O) groups excluding carboxylic acids is 1. The summed E-state index contributed by atoms with van der Waals surface area (Å²) >= 11 is 0. The van der Waals surface area contributed by atoms with E-state index in [1.807, 2.05) is 13.8 Å². The van der Waals surface area contributed by atoms with Gasteiger partial charge in [-0.3, -0.25) is 9.59 Å². The highest BCUT2D eigenvalue weighted by atomic mass is 16.4. The van der Waals surface area contributed by atoms with Crippen molar-refractivity contribution in [1.29, 1.82) is 0 Å². The molecular formula is C11H19NO3. The van der Waals surface area contributed by atoms with Gasteiger partial charge in [0.15, 0.2) is 0 Å². The minimum absolute atomic E-state index is 0.0847. The molecule has 0 radical (unpaired) electrons. The maximum Gasteiger partial charge on any atom is 0.306 e. The zero-order chi connectivity index (χ0) is 11.6. The van der Waals surface area contributed by atoms with Gasteiger partial charge in [0.2, 0.25) is 5.91 Å². The predicted molar refractivity (Wildman–Crippen MR) is 56.4 cm³/mol. The van der Waals surface area contributed by atoms with Gasteiger partial charge in [0, 0.05) is 19.0 Å². The second kappa shape index (κ2) is 4.64. The summed E-state index contributed by atoms with van der Waals surface area (Å²) in [5.41, 5.74) is 0. The number of hydrogen-bond acceptors (Lipinski definition) is 2. The summed E-state index contributed by atoms with van der Waals surface area (Å²) in [6, 6.07) is 0.182. The molecule has 1 rings (SSSR count). The van der Waals surface area contributed by atoms with Gasteiger partial charge in [-0.1, -0.05) is 0 Å². The second-order valence-corrected chi connectivity index (χ2v) is 4.59. The first-order valence-corrected chi connectivity index (χ1v) is 5.43. The third-order valence-electron chi connectivity index (χ3n) is 3.25. The molecule has 1 saturated carbocycles. The van der Waals surface area contributed by atoms with Gasteiger partial charge in [0.1, 0.15) is 0 Å². The molecule has 1 aliphatic carbocycles. The van der Waals surface area contributed by atoms with E-state index < -0.39 is 5.97 Å². The van der Waals surface area contributed by atoms with Gasteiger partial charge >= 0.3 is 5.97 Å². The molecule has 0 aromatic heterocycles. The van der Waals surface area contributed by atoms with E-state index in [0.717, 1.165) is 0 Å². The lowest BCUT2D eigenvalue weighted by molar-refractivity contribution is -0.141. The smallest absolute Gasteiger partial charge is 0.306 e. The lowest BCUT2D eigenvalue weighted by Gasteiger charge is -2.24. The molecule has 4 heteroatoms. The summed E-state index contributed by atoms with van der Waals surface area (Å²) < 4.78 is 0.